The van der Waals surface area contributed by atoms with E-state index in [1.54, 1.807) is 112 Å². The summed E-state index contributed by atoms with van der Waals surface area (Å²) in [5.41, 5.74) is 26.6. The Hall–Kier alpha value is -9.82. The zero-order valence-electron chi connectivity index (χ0n) is 57.5. The number of nitrogens with two attached hydrogens (primary N) is 4. The van der Waals surface area contributed by atoms with E-state index in [4.69, 9.17) is 22.9 Å². The van der Waals surface area contributed by atoms with Crippen LogP contribution in [-0.2, 0) is 62.8 Å². The maximum absolute atomic E-state index is 15.5. The minimum absolute atomic E-state index is 0.0227. The highest BCUT2D eigenvalue weighted by atomic mass is 19.1. The molecule has 536 valence electrons. The molecule has 6 aromatic carbocycles. The molecule has 6 aromatic rings. The molecule has 0 spiro atoms. The minimum atomic E-state index is -0.860. The third-order valence-corrected chi connectivity index (χ3v) is 17.2. The lowest BCUT2D eigenvalue weighted by Crippen LogP contribution is -2.53. The predicted molar refractivity (Wildman–Crippen MR) is 375 cm³/mol. The van der Waals surface area contributed by atoms with Crippen molar-refractivity contribution in [2.45, 2.75) is 97.1 Å². The molecule has 0 aliphatic rings. The van der Waals surface area contributed by atoms with Crippen LogP contribution in [0.4, 0.5) is 13.2 Å². The molecule has 0 saturated heterocycles. The van der Waals surface area contributed by atoms with E-state index in [-0.39, 0.29) is 52.4 Å². The van der Waals surface area contributed by atoms with Gasteiger partial charge in [-0.3, -0.25) is 43.2 Å². The van der Waals surface area contributed by atoms with Gasteiger partial charge in [0.05, 0.1) is 44.3 Å². The Bertz CT molecular complexity index is 3570. The summed E-state index contributed by atoms with van der Waals surface area (Å²) in [7, 11) is 0. The van der Waals surface area contributed by atoms with Crippen LogP contribution in [-0.4, -0.2) is 191 Å². The van der Waals surface area contributed by atoms with Crippen molar-refractivity contribution < 1.29 is 56.3 Å². The van der Waals surface area contributed by atoms with E-state index in [1.807, 2.05) is 0 Å². The van der Waals surface area contributed by atoms with Gasteiger partial charge in [-0.1, -0.05) is 127 Å². The van der Waals surface area contributed by atoms with Crippen molar-refractivity contribution in [2.75, 3.05) is 98.2 Å². The SMILES string of the molecule is C[C@H](c1ccccc1)N(CC(=O)N(CCCCN)CC(=O)N(CC(=O)N(CC(=O)N(CCCCN)CC(=O)N(CC(=O)N(CC(N)=O)[C@@H](C)c1ccccc1)Cc1ccc(F)cc1)[C@H](C)c1ccccc1)Cc1ccc(F)cc1)C(=O)CN(Cc1ccc(F)cc1)C(=O)CNCCCCN. The number of benzene rings is 6. The molecule has 0 aliphatic carbocycles. The predicted octanol–water partition coefficient (Wildman–Crippen LogP) is 6.21. The second kappa shape index (κ2) is 41.6. The average Bonchev–Trinajstić information content (AvgIpc) is 0.837. The van der Waals surface area contributed by atoms with E-state index in [2.05, 4.69) is 5.32 Å². The third kappa shape index (κ3) is 25.8. The molecule has 100 heavy (non-hydrogen) atoms. The summed E-state index contributed by atoms with van der Waals surface area (Å²) in [6.07, 6.45) is 2.93. The second-order valence-corrected chi connectivity index (χ2v) is 24.7. The molecule has 0 aromatic heterocycles. The molecule has 0 heterocycles. The summed E-state index contributed by atoms with van der Waals surface area (Å²) in [5, 5.41) is 3.11. The quantitative estimate of drug-likeness (QED) is 0.0267. The maximum atomic E-state index is 15.5. The standard InChI is InChI=1S/C75H96F3N13O9/c1-55(61-19-7-4-8-20-61)89(47-67(82)92)73(98)51-87(45-59-27-33-65(77)34-28-59)69(94)48-84(41-17-14-38-80)72(97)54-91(57(3)63-23-11-6-12-24-63)75(100)52-88(46-60-29-35-66(78)36-30-60)70(95)49-85(42-18-15-39-81)71(96)53-90(56(2)62-21-9-5-10-22-62)74(99)50-86(44-58-25-31-64(76)32-26-58)68(93)43-83-40-16-13-37-79/h4-12,19-36,55-57,83H,13-18,37-54,79-81H2,1-3H3,(H2,82,92)/t55-,56+,57+/m0/s1. The molecule has 0 bridgehead atoms. The Morgan fingerprint density at radius 1 is 0.340 bits per heavy atom. The summed E-state index contributed by atoms with van der Waals surface area (Å²) in [6.45, 7) is 1.10. The summed E-state index contributed by atoms with van der Waals surface area (Å²) in [5.74, 6) is -7.64. The summed E-state index contributed by atoms with van der Waals surface area (Å²) in [4.78, 5) is 142. The van der Waals surface area contributed by atoms with E-state index in [0.717, 1.165) is 6.42 Å². The van der Waals surface area contributed by atoms with Crippen molar-refractivity contribution in [3.8, 4) is 0 Å². The van der Waals surface area contributed by atoms with Crippen LogP contribution in [0.5, 0.6) is 0 Å². The lowest BCUT2D eigenvalue weighted by Gasteiger charge is -2.35. The van der Waals surface area contributed by atoms with Gasteiger partial charge >= 0.3 is 0 Å². The van der Waals surface area contributed by atoms with E-state index >= 15 is 19.2 Å². The van der Waals surface area contributed by atoms with Gasteiger partial charge in [0.1, 0.15) is 50.2 Å². The molecule has 9 amide bonds. The Morgan fingerprint density at radius 2 is 0.620 bits per heavy atom. The molecular weight excluding hydrogens is 1280 g/mol. The van der Waals surface area contributed by atoms with Crippen LogP contribution in [0.25, 0.3) is 0 Å². The van der Waals surface area contributed by atoms with Crippen LogP contribution < -0.4 is 28.3 Å². The minimum Gasteiger partial charge on any atom is -0.368 e. The van der Waals surface area contributed by atoms with Crippen LogP contribution in [0.2, 0.25) is 0 Å². The number of nitrogens with zero attached hydrogens (tertiary/aromatic N) is 8. The Kier molecular flexibility index (Phi) is 32.9. The number of carbonyl (C=O) groups is 9. The second-order valence-electron chi connectivity index (χ2n) is 24.7. The van der Waals surface area contributed by atoms with Crippen molar-refractivity contribution in [1.82, 2.24) is 44.5 Å². The molecule has 0 fully saturated rings. The zero-order chi connectivity index (χ0) is 72.5. The first-order valence-corrected chi connectivity index (χ1v) is 33.8. The summed E-state index contributed by atoms with van der Waals surface area (Å²) < 4.78 is 43.0. The molecule has 3 atom stereocenters. The number of nitrogens with one attached hydrogen (secondary N) is 1. The van der Waals surface area contributed by atoms with Gasteiger partial charge in [0.15, 0.2) is 0 Å². The monoisotopic (exact) mass is 1380 g/mol. The number of rotatable bonds is 42. The van der Waals surface area contributed by atoms with Crippen LogP contribution in [0, 0.1) is 17.5 Å². The molecule has 25 heteroatoms. The van der Waals surface area contributed by atoms with Gasteiger partial charge in [-0.15, -0.1) is 0 Å². The van der Waals surface area contributed by atoms with Gasteiger partial charge in [-0.05, 0) is 155 Å². The molecule has 0 saturated carbocycles. The first-order valence-electron chi connectivity index (χ1n) is 33.8. The van der Waals surface area contributed by atoms with Gasteiger partial charge in [0, 0.05) is 32.7 Å². The highest BCUT2D eigenvalue weighted by Crippen LogP contribution is 2.25. The lowest BCUT2D eigenvalue weighted by molar-refractivity contribution is -0.150. The molecule has 6 rings (SSSR count). The Balaban J connectivity index is 1.33. The lowest BCUT2D eigenvalue weighted by atomic mass is 10.1. The van der Waals surface area contributed by atoms with Crippen LogP contribution in [0.15, 0.2) is 164 Å². The number of carbonyl (C=O) groups excluding carboxylic acids is 9. The number of unbranched alkanes of at least 4 members (excludes halogenated alkanes) is 3. The van der Waals surface area contributed by atoms with Crippen LogP contribution >= 0.6 is 0 Å². The highest BCUT2D eigenvalue weighted by molar-refractivity contribution is 5.94. The van der Waals surface area contributed by atoms with Gasteiger partial charge in [0.25, 0.3) is 0 Å². The molecule has 9 N–H and O–H groups in total. The smallest absolute Gasteiger partial charge is 0.243 e. The topological polar surface area (TPSA) is 296 Å². The van der Waals surface area contributed by atoms with Crippen molar-refractivity contribution in [3.05, 3.63) is 215 Å². The molecule has 0 unspecified atom stereocenters. The average molecular weight is 1380 g/mol. The van der Waals surface area contributed by atoms with Crippen molar-refractivity contribution in [3.63, 3.8) is 0 Å². The van der Waals surface area contributed by atoms with Crippen molar-refractivity contribution >= 4 is 53.2 Å². The number of hydrogen-bond donors (Lipinski definition) is 5. The fourth-order valence-electron chi connectivity index (χ4n) is 11.3. The van der Waals surface area contributed by atoms with Crippen LogP contribution in [0.3, 0.4) is 0 Å². The summed E-state index contributed by atoms with van der Waals surface area (Å²) >= 11 is 0. The third-order valence-electron chi connectivity index (χ3n) is 17.2. The molecule has 0 radical (unpaired) electrons. The van der Waals surface area contributed by atoms with E-state index in [1.165, 1.54) is 112 Å². The van der Waals surface area contributed by atoms with Gasteiger partial charge in [-0.2, -0.15) is 0 Å². The van der Waals surface area contributed by atoms with E-state index in [0.29, 0.717) is 78.6 Å². The van der Waals surface area contributed by atoms with Crippen LogP contribution in [0.1, 0.15) is 111 Å². The molecular formula is C75H96F3N13O9. The van der Waals surface area contributed by atoms with Crippen molar-refractivity contribution in [2.24, 2.45) is 22.9 Å². The number of primary amides is 1. The normalized spacial score (nSPS) is 11.9. The zero-order valence-corrected chi connectivity index (χ0v) is 57.5. The Morgan fingerprint density at radius 3 is 0.930 bits per heavy atom. The number of amides is 9. The van der Waals surface area contributed by atoms with Gasteiger partial charge in [0.2, 0.25) is 53.2 Å². The highest BCUT2D eigenvalue weighted by Gasteiger charge is 2.35. The fourth-order valence-corrected chi connectivity index (χ4v) is 11.3. The van der Waals surface area contributed by atoms with E-state index in [9.17, 15) is 37.1 Å². The maximum Gasteiger partial charge on any atom is 0.243 e. The first-order chi connectivity index (χ1) is 48.1. The van der Waals surface area contributed by atoms with Gasteiger partial charge in [-0.25, -0.2) is 13.2 Å². The summed E-state index contributed by atoms with van der Waals surface area (Å²) in [6, 6.07) is 40.4. The number of halogens is 3. The van der Waals surface area contributed by atoms with E-state index < -0.39 is 141 Å². The largest absolute Gasteiger partial charge is 0.368 e. The van der Waals surface area contributed by atoms with Gasteiger partial charge < -0.3 is 67.5 Å². The Labute approximate surface area is 584 Å². The van der Waals surface area contributed by atoms with Crippen molar-refractivity contribution in [1.29, 1.82) is 0 Å². The fraction of sp³-hybridized carbons (Fsp3) is 0.400. The first kappa shape index (κ1) is 79.2. The number of hydrogen-bond acceptors (Lipinski definition) is 13. The molecule has 22 nitrogen and oxygen atoms in total. The molecule has 0 aliphatic heterocycles.